The minimum Gasteiger partial charge on any atom is -0.475 e. The van der Waals surface area contributed by atoms with E-state index in [1.807, 2.05) is 0 Å². The first-order chi connectivity index (χ1) is 8.65. The maximum atomic E-state index is 12.9. The van der Waals surface area contributed by atoms with E-state index in [2.05, 4.69) is 4.98 Å². The minimum absolute atomic E-state index is 0. The van der Waals surface area contributed by atoms with Crippen molar-refractivity contribution in [3.63, 3.8) is 0 Å². The average Bonchev–Trinajstić information content (AvgIpc) is 2.94. The van der Waals surface area contributed by atoms with Crippen LogP contribution in [-0.4, -0.2) is 20.6 Å². The lowest BCUT2D eigenvalue weighted by molar-refractivity contribution is 0.0665. The van der Waals surface area contributed by atoms with Crippen molar-refractivity contribution in [2.75, 3.05) is 0 Å². The predicted molar refractivity (Wildman–Crippen MR) is 67.5 cm³/mol. The van der Waals surface area contributed by atoms with Crippen molar-refractivity contribution in [2.24, 2.45) is 0 Å². The van der Waals surface area contributed by atoms with Crippen molar-refractivity contribution < 1.29 is 18.7 Å². The lowest BCUT2D eigenvalue weighted by Gasteiger charge is -2.01. The molecule has 0 atom stereocenters. The van der Waals surface area contributed by atoms with Crippen LogP contribution in [0.15, 0.2) is 41.2 Å². The van der Waals surface area contributed by atoms with Crippen molar-refractivity contribution in [2.45, 2.75) is 0 Å². The third-order valence-corrected chi connectivity index (χ3v) is 2.58. The molecule has 7 heteroatoms. The summed E-state index contributed by atoms with van der Waals surface area (Å²) in [6.45, 7) is 0. The molecular formula is C12H8ClFN2O3. The summed E-state index contributed by atoms with van der Waals surface area (Å²) in [6, 6.07) is 6.48. The third-order valence-electron chi connectivity index (χ3n) is 2.58. The van der Waals surface area contributed by atoms with Crippen LogP contribution in [-0.2, 0) is 0 Å². The molecule has 0 saturated heterocycles. The summed E-state index contributed by atoms with van der Waals surface area (Å²) < 4.78 is 19.5. The number of imidazole rings is 1. The molecule has 0 spiro atoms. The van der Waals surface area contributed by atoms with Crippen molar-refractivity contribution in [3.8, 4) is 5.69 Å². The van der Waals surface area contributed by atoms with Gasteiger partial charge in [0.2, 0.25) is 11.7 Å². The Balaban J connectivity index is 0.00000133. The van der Waals surface area contributed by atoms with Gasteiger partial charge in [-0.05, 0) is 12.1 Å². The molecule has 2 heterocycles. The van der Waals surface area contributed by atoms with Crippen molar-refractivity contribution in [3.05, 3.63) is 48.5 Å². The zero-order valence-electron chi connectivity index (χ0n) is 9.41. The summed E-state index contributed by atoms with van der Waals surface area (Å²) in [6.07, 6.45) is 2.53. The average molecular weight is 283 g/mol. The van der Waals surface area contributed by atoms with Gasteiger partial charge in [0, 0.05) is 11.5 Å². The number of benzene rings is 1. The van der Waals surface area contributed by atoms with E-state index in [4.69, 9.17) is 9.52 Å². The second kappa shape index (κ2) is 4.74. The lowest BCUT2D eigenvalue weighted by Crippen LogP contribution is -1.92. The van der Waals surface area contributed by atoms with Gasteiger partial charge in [-0.2, -0.15) is 4.39 Å². The van der Waals surface area contributed by atoms with Gasteiger partial charge in [0.05, 0.1) is 11.9 Å². The fourth-order valence-corrected chi connectivity index (χ4v) is 1.81. The van der Waals surface area contributed by atoms with E-state index in [1.54, 1.807) is 18.2 Å². The Hall–Kier alpha value is -2.34. The van der Waals surface area contributed by atoms with Crippen LogP contribution in [0.1, 0.15) is 10.6 Å². The number of aromatic nitrogens is 2. The quantitative estimate of drug-likeness (QED) is 0.785. The zero-order chi connectivity index (χ0) is 12.7. The minimum atomic E-state index is -1.14. The second-order valence-electron chi connectivity index (χ2n) is 3.71. The maximum absolute atomic E-state index is 12.9. The number of fused-ring (bicyclic) bond motifs is 1. The van der Waals surface area contributed by atoms with Gasteiger partial charge in [-0.15, -0.1) is 12.4 Å². The summed E-state index contributed by atoms with van der Waals surface area (Å²) >= 11 is 0. The number of aromatic carboxylic acids is 1. The van der Waals surface area contributed by atoms with Gasteiger partial charge in [0.25, 0.3) is 0 Å². The Morgan fingerprint density at radius 2 is 2.21 bits per heavy atom. The van der Waals surface area contributed by atoms with E-state index in [0.717, 1.165) is 0 Å². The molecule has 5 nitrogen and oxygen atoms in total. The number of hydrogen-bond acceptors (Lipinski definition) is 3. The predicted octanol–water partition coefficient (Wildman–Crippen LogP) is 2.88. The number of rotatable bonds is 2. The van der Waals surface area contributed by atoms with Crippen molar-refractivity contribution in [1.29, 1.82) is 0 Å². The molecule has 0 radical (unpaired) electrons. The number of carbonyl (C=O) groups is 1. The summed E-state index contributed by atoms with van der Waals surface area (Å²) in [5.74, 6) is -1.90. The fourth-order valence-electron chi connectivity index (χ4n) is 1.81. The maximum Gasteiger partial charge on any atom is 0.371 e. The van der Waals surface area contributed by atoms with Crippen LogP contribution in [0.3, 0.4) is 0 Å². The molecule has 0 amide bonds. The Labute approximate surface area is 112 Å². The number of halogens is 2. The number of carboxylic acids is 1. The molecule has 3 rings (SSSR count). The largest absolute Gasteiger partial charge is 0.475 e. The van der Waals surface area contributed by atoms with Crippen LogP contribution in [0.25, 0.3) is 16.7 Å². The monoisotopic (exact) mass is 282 g/mol. The molecule has 2 aromatic heterocycles. The number of furan rings is 1. The first-order valence-electron chi connectivity index (χ1n) is 5.11. The third kappa shape index (κ3) is 2.17. The SMILES string of the molecule is Cl.O=C(O)c1cc2c(-n3cnc(F)c3)cccc2o1. The lowest BCUT2D eigenvalue weighted by atomic mass is 10.2. The molecule has 19 heavy (non-hydrogen) atoms. The van der Waals surface area contributed by atoms with E-state index < -0.39 is 11.9 Å². The summed E-state index contributed by atoms with van der Waals surface area (Å²) in [5, 5.41) is 9.47. The molecule has 98 valence electrons. The van der Waals surface area contributed by atoms with Crippen LogP contribution < -0.4 is 0 Å². The molecule has 0 aliphatic heterocycles. The van der Waals surface area contributed by atoms with E-state index in [1.165, 1.54) is 23.2 Å². The second-order valence-corrected chi connectivity index (χ2v) is 3.71. The zero-order valence-corrected chi connectivity index (χ0v) is 10.2. The van der Waals surface area contributed by atoms with Gasteiger partial charge in [-0.3, -0.25) is 0 Å². The Morgan fingerprint density at radius 1 is 1.42 bits per heavy atom. The van der Waals surface area contributed by atoms with Gasteiger partial charge >= 0.3 is 5.97 Å². The molecule has 1 N–H and O–H groups in total. The van der Waals surface area contributed by atoms with Gasteiger partial charge in [0.15, 0.2) is 0 Å². The fraction of sp³-hybridized carbons (Fsp3) is 0. The molecule has 0 aliphatic carbocycles. The summed E-state index contributed by atoms with van der Waals surface area (Å²) in [7, 11) is 0. The van der Waals surface area contributed by atoms with Crippen LogP contribution in [0.5, 0.6) is 0 Å². The number of nitrogens with zero attached hydrogens (tertiary/aromatic N) is 2. The molecule has 0 unspecified atom stereocenters. The topological polar surface area (TPSA) is 68.3 Å². The molecular weight excluding hydrogens is 275 g/mol. The Kier molecular flexibility index (Phi) is 3.26. The first kappa shape index (κ1) is 13.1. The van der Waals surface area contributed by atoms with E-state index in [-0.39, 0.29) is 18.2 Å². The Morgan fingerprint density at radius 3 is 2.84 bits per heavy atom. The van der Waals surface area contributed by atoms with Crippen LogP contribution >= 0.6 is 12.4 Å². The highest BCUT2D eigenvalue weighted by atomic mass is 35.5. The van der Waals surface area contributed by atoms with E-state index >= 15 is 0 Å². The van der Waals surface area contributed by atoms with Gasteiger partial charge in [-0.1, -0.05) is 6.07 Å². The summed E-state index contributed by atoms with van der Waals surface area (Å²) in [4.78, 5) is 14.3. The van der Waals surface area contributed by atoms with Crippen LogP contribution in [0.2, 0.25) is 0 Å². The Bertz CT molecular complexity index is 750. The number of carboxylic acid groups (broad SMARTS) is 1. The van der Waals surface area contributed by atoms with Crippen molar-refractivity contribution in [1.82, 2.24) is 9.55 Å². The van der Waals surface area contributed by atoms with Gasteiger partial charge in [-0.25, -0.2) is 9.78 Å². The van der Waals surface area contributed by atoms with Crippen LogP contribution in [0.4, 0.5) is 4.39 Å². The molecule has 3 aromatic rings. The molecule has 0 bridgehead atoms. The highest BCUT2D eigenvalue weighted by Gasteiger charge is 2.13. The molecule has 0 saturated carbocycles. The smallest absolute Gasteiger partial charge is 0.371 e. The van der Waals surface area contributed by atoms with Gasteiger partial charge < -0.3 is 14.1 Å². The highest BCUT2D eigenvalue weighted by molar-refractivity contribution is 5.94. The van der Waals surface area contributed by atoms with Crippen LogP contribution in [0, 0.1) is 5.95 Å². The van der Waals surface area contributed by atoms with E-state index in [0.29, 0.717) is 16.7 Å². The molecule has 1 aromatic carbocycles. The highest BCUT2D eigenvalue weighted by Crippen LogP contribution is 2.26. The molecule has 0 fully saturated rings. The van der Waals surface area contributed by atoms with Gasteiger partial charge in [0.1, 0.15) is 11.9 Å². The molecule has 0 aliphatic rings. The van der Waals surface area contributed by atoms with E-state index in [9.17, 15) is 9.18 Å². The first-order valence-corrected chi connectivity index (χ1v) is 5.11. The number of hydrogen-bond donors (Lipinski definition) is 1. The standard InChI is InChI=1S/C12H7FN2O3.ClH/c13-11-5-15(6-14-11)8-2-1-3-9-7(8)4-10(18-9)12(16)17;/h1-6H,(H,16,17);1H. The van der Waals surface area contributed by atoms with Crippen molar-refractivity contribution >= 4 is 29.3 Å². The summed E-state index contributed by atoms with van der Waals surface area (Å²) in [5.41, 5.74) is 1.04. The normalized spacial score (nSPS) is 10.4.